The quantitative estimate of drug-likeness (QED) is 0.515. The number of guanidine groups is 1. The van der Waals surface area contributed by atoms with E-state index in [1.807, 2.05) is 39.0 Å². The third-order valence-electron chi connectivity index (χ3n) is 4.43. The first kappa shape index (κ1) is 21.2. The van der Waals surface area contributed by atoms with E-state index in [0.717, 1.165) is 37.3 Å². The van der Waals surface area contributed by atoms with Gasteiger partial charge in [0, 0.05) is 36.9 Å². The molecular weight excluding hydrogens is 372 g/mol. The summed E-state index contributed by atoms with van der Waals surface area (Å²) in [5, 5.41) is 9.46. The number of hydrogen-bond acceptors (Lipinski definition) is 5. The molecule has 160 valence electrons. The molecule has 2 heterocycles. The maximum Gasteiger partial charge on any atom is 0.242 e. The van der Waals surface area contributed by atoms with E-state index in [4.69, 9.17) is 14.2 Å². The molecule has 0 bridgehead atoms. The summed E-state index contributed by atoms with van der Waals surface area (Å²) in [5.41, 5.74) is 0.517. The first-order chi connectivity index (χ1) is 13.9. The van der Waals surface area contributed by atoms with Gasteiger partial charge in [-0.15, -0.1) is 0 Å². The highest BCUT2D eigenvalue weighted by atomic mass is 16.5. The van der Waals surface area contributed by atoms with Crippen molar-refractivity contribution in [1.29, 1.82) is 0 Å². The van der Waals surface area contributed by atoms with Gasteiger partial charge in [-0.1, -0.05) is 0 Å². The Kier molecular flexibility index (Phi) is 7.19. The first-order valence-corrected chi connectivity index (χ1v) is 10.3. The predicted molar refractivity (Wildman–Crippen MR) is 113 cm³/mol. The van der Waals surface area contributed by atoms with Crippen molar-refractivity contribution in [3.05, 3.63) is 18.2 Å². The van der Waals surface area contributed by atoms with Crippen LogP contribution in [-0.4, -0.2) is 56.4 Å². The molecule has 0 saturated carbocycles. The maximum absolute atomic E-state index is 12.2. The molecule has 3 rings (SSSR count). The van der Waals surface area contributed by atoms with Crippen LogP contribution in [0, 0.1) is 0 Å². The average Bonchev–Trinajstić information content (AvgIpc) is 3.06. The maximum atomic E-state index is 12.2. The zero-order valence-electron chi connectivity index (χ0n) is 17.5. The van der Waals surface area contributed by atoms with E-state index in [2.05, 4.69) is 20.9 Å². The number of ether oxygens (including phenoxy) is 3. The minimum Gasteiger partial charge on any atom is -0.490 e. The largest absolute Gasteiger partial charge is 0.490 e. The molecule has 1 unspecified atom stereocenters. The lowest BCUT2D eigenvalue weighted by Gasteiger charge is -2.20. The van der Waals surface area contributed by atoms with Crippen molar-refractivity contribution < 1.29 is 19.0 Å². The normalized spacial score (nSPS) is 19.4. The smallest absolute Gasteiger partial charge is 0.242 e. The van der Waals surface area contributed by atoms with Crippen molar-refractivity contribution in [2.75, 3.05) is 38.2 Å². The highest BCUT2D eigenvalue weighted by molar-refractivity contribution is 5.95. The lowest BCUT2D eigenvalue weighted by atomic mass is 10.1. The van der Waals surface area contributed by atoms with Crippen LogP contribution in [0.2, 0.25) is 0 Å². The molecule has 2 aliphatic heterocycles. The van der Waals surface area contributed by atoms with Crippen LogP contribution in [0.15, 0.2) is 23.2 Å². The Morgan fingerprint density at radius 2 is 1.93 bits per heavy atom. The van der Waals surface area contributed by atoms with Gasteiger partial charge in [0.05, 0.1) is 19.3 Å². The van der Waals surface area contributed by atoms with Gasteiger partial charge in [0.2, 0.25) is 5.91 Å². The Balaban J connectivity index is 1.67. The summed E-state index contributed by atoms with van der Waals surface area (Å²) < 4.78 is 17.1. The third-order valence-corrected chi connectivity index (χ3v) is 4.43. The van der Waals surface area contributed by atoms with E-state index >= 15 is 0 Å². The van der Waals surface area contributed by atoms with Gasteiger partial charge in [0.15, 0.2) is 17.5 Å². The molecule has 8 nitrogen and oxygen atoms in total. The Hall–Kier alpha value is -2.48. The van der Waals surface area contributed by atoms with E-state index in [-0.39, 0.29) is 24.1 Å². The lowest BCUT2D eigenvalue weighted by Crippen LogP contribution is -2.43. The fourth-order valence-corrected chi connectivity index (χ4v) is 3.14. The van der Waals surface area contributed by atoms with E-state index in [0.29, 0.717) is 31.5 Å². The molecule has 1 aromatic carbocycles. The van der Waals surface area contributed by atoms with E-state index in [1.54, 1.807) is 0 Å². The number of anilines is 1. The molecule has 1 aromatic rings. The van der Waals surface area contributed by atoms with Crippen molar-refractivity contribution in [2.24, 2.45) is 4.99 Å². The molecule has 0 aliphatic carbocycles. The minimum absolute atomic E-state index is 0.0304. The van der Waals surface area contributed by atoms with Crippen molar-refractivity contribution >= 4 is 17.6 Å². The van der Waals surface area contributed by atoms with Crippen molar-refractivity contribution in [2.45, 2.75) is 51.7 Å². The summed E-state index contributed by atoms with van der Waals surface area (Å²) in [6, 6.07) is 5.68. The molecule has 1 atom stereocenters. The summed E-state index contributed by atoms with van der Waals surface area (Å²) in [5.74, 6) is 1.84. The molecule has 2 aliphatic rings. The number of aliphatic imine (C=N–C) groups is 1. The highest BCUT2D eigenvalue weighted by Crippen LogP contribution is 2.32. The molecule has 0 spiro atoms. The number of hydrogen-bond donors (Lipinski definition) is 3. The Bertz CT molecular complexity index is 724. The van der Waals surface area contributed by atoms with E-state index in [1.165, 1.54) is 0 Å². The van der Waals surface area contributed by atoms with Crippen LogP contribution in [0.1, 0.15) is 40.0 Å². The van der Waals surface area contributed by atoms with Crippen molar-refractivity contribution in [3.63, 3.8) is 0 Å². The predicted octanol–water partition coefficient (Wildman–Crippen LogP) is 2.30. The molecular formula is C21H32N4O4. The fourth-order valence-electron chi connectivity index (χ4n) is 3.14. The van der Waals surface area contributed by atoms with Crippen LogP contribution >= 0.6 is 0 Å². The summed E-state index contributed by atoms with van der Waals surface area (Å²) in [6.07, 6.45) is 3.11. The Morgan fingerprint density at radius 3 is 2.66 bits per heavy atom. The number of rotatable bonds is 5. The molecule has 8 heteroatoms. The second-order valence-electron chi connectivity index (χ2n) is 8.32. The number of fused-ring (bicyclic) bond motifs is 1. The molecule has 1 fully saturated rings. The zero-order chi connectivity index (χ0) is 20.7. The van der Waals surface area contributed by atoms with Gasteiger partial charge in [-0.3, -0.25) is 4.79 Å². The zero-order valence-corrected chi connectivity index (χ0v) is 17.5. The molecule has 1 amide bonds. The summed E-state index contributed by atoms with van der Waals surface area (Å²) in [7, 11) is 0. The molecule has 3 N–H and O–H groups in total. The number of benzene rings is 1. The highest BCUT2D eigenvalue weighted by Gasteiger charge is 2.17. The second kappa shape index (κ2) is 9.82. The fraction of sp³-hybridized carbons (Fsp3) is 0.619. The van der Waals surface area contributed by atoms with Gasteiger partial charge >= 0.3 is 0 Å². The van der Waals surface area contributed by atoms with Crippen molar-refractivity contribution in [1.82, 2.24) is 10.6 Å². The van der Waals surface area contributed by atoms with Crippen LogP contribution in [-0.2, 0) is 9.53 Å². The van der Waals surface area contributed by atoms with Crippen molar-refractivity contribution in [3.8, 4) is 11.5 Å². The van der Waals surface area contributed by atoms with E-state index < -0.39 is 0 Å². The van der Waals surface area contributed by atoms with Crippen LogP contribution < -0.4 is 25.4 Å². The number of nitrogens with zero attached hydrogens (tertiary/aromatic N) is 1. The lowest BCUT2D eigenvalue weighted by molar-refractivity contribution is -0.121. The van der Waals surface area contributed by atoms with Crippen LogP contribution in [0.25, 0.3) is 0 Å². The van der Waals surface area contributed by atoms with Gasteiger partial charge in [-0.05, 0) is 45.7 Å². The number of carbonyl (C=O) groups is 1. The SMILES string of the molecule is CC(C)(C)NC(=O)CN=C(NCC1CCCO1)Nc1ccc2c(c1)OCCCO2. The minimum atomic E-state index is -0.292. The number of amides is 1. The number of nitrogens with one attached hydrogen (secondary N) is 3. The van der Waals surface area contributed by atoms with Gasteiger partial charge in [0.1, 0.15) is 6.54 Å². The van der Waals surface area contributed by atoms with Gasteiger partial charge in [0.25, 0.3) is 0 Å². The monoisotopic (exact) mass is 404 g/mol. The molecule has 29 heavy (non-hydrogen) atoms. The Morgan fingerprint density at radius 1 is 1.14 bits per heavy atom. The summed E-state index contributed by atoms with van der Waals surface area (Å²) in [6.45, 7) is 8.58. The summed E-state index contributed by atoms with van der Waals surface area (Å²) in [4.78, 5) is 16.6. The van der Waals surface area contributed by atoms with Gasteiger partial charge < -0.3 is 30.2 Å². The summed E-state index contributed by atoms with van der Waals surface area (Å²) >= 11 is 0. The molecule has 0 aromatic heterocycles. The topological polar surface area (TPSA) is 93.2 Å². The standard InChI is InChI=1S/C21H32N4O4/c1-21(2,3)25-19(26)14-23-20(22-13-16-6-4-9-27-16)24-15-7-8-17-18(12-15)29-11-5-10-28-17/h7-8,12,16H,4-6,9-11,13-14H2,1-3H3,(H,25,26)(H2,22,23,24). The Labute approximate surface area is 172 Å². The first-order valence-electron chi connectivity index (χ1n) is 10.3. The van der Waals surface area contributed by atoms with Gasteiger partial charge in [-0.25, -0.2) is 4.99 Å². The molecule has 0 radical (unpaired) electrons. The van der Waals surface area contributed by atoms with Crippen LogP contribution in [0.3, 0.4) is 0 Å². The van der Waals surface area contributed by atoms with Crippen LogP contribution in [0.5, 0.6) is 11.5 Å². The third kappa shape index (κ3) is 7.12. The van der Waals surface area contributed by atoms with Crippen LogP contribution in [0.4, 0.5) is 5.69 Å². The van der Waals surface area contributed by atoms with E-state index in [9.17, 15) is 4.79 Å². The molecule has 1 saturated heterocycles. The second-order valence-corrected chi connectivity index (χ2v) is 8.32. The average molecular weight is 405 g/mol. The number of carbonyl (C=O) groups excluding carboxylic acids is 1. The van der Waals surface area contributed by atoms with Gasteiger partial charge in [-0.2, -0.15) is 0 Å².